The molecule has 88 valence electrons. The van der Waals surface area contributed by atoms with Crippen LogP contribution in [-0.2, 0) is 6.54 Å². The van der Waals surface area contributed by atoms with Crippen LogP contribution in [0.3, 0.4) is 0 Å². The number of aliphatic imine (C=N–C) groups is 1. The van der Waals surface area contributed by atoms with Crippen molar-refractivity contribution < 1.29 is 0 Å². The molecule has 0 amide bonds. The van der Waals surface area contributed by atoms with Gasteiger partial charge in [-0.15, -0.1) is 11.3 Å². The molecular formula is C11H17N3S2. The molecule has 2 heterocycles. The molecule has 16 heavy (non-hydrogen) atoms. The number of aromatic nitrogens is 1. The highest BCUT2D eigenvalue weighted by Crippen LogP contribution is 2.19. The summed E-state index contributed by atoms with van der Waals surface area (Å²) in [6.07, 6.45) is 3.06. The molecule has 0 saturated carbocycles. The number of amidine groups is 1. The van der Waals surface area contributed by atoms with E-state index < -0.39 is 0 Å². The fraction of sp³-hybridized carbons (Fsp3) is 0.636. The lowest BCUT2D eigenvalue weighted by atomic mass is 10.1. The second-order valence-electron chi connectivity index (χ2n) is 4.33. The van der Waals surface area contributed by atoms with E-state index in [0.717, 1.165) is 21.8 Å². The summed E-state index contributed by atoms with van der Waals surface area (Å²) in [7, 11) is 0. The van der Waals surface area contributed by atoms with Crippen LogP contribution in [0.15, 0.2) is 16.6 Å². The highest BCUT2D eigenvalue weighted by atomic mass is 32.2. The predicted octanol–water partition coefficient (Wildman–Crippen LogP) is 2.75. The number of hydrogen-bond acceptors (Lipinski definition) is 4. The van der Waals surface area contributed by atoms with E-state index in [4.69, 9.17) is 0 Å². The molecule has 1 fully saturated rings. The molecule has 1 aromatic heterocycles. The molecule has 1 aromatic rings. The average molecular weight is 255 g/mol. The third kappa shape index (κ3) is 3.49. The molecule has 1 aliphatic rings. The quantitative estimate of drug-likeness (QED) is 0.899. The Hall–Kier alpha value is -0.550. The van der Waals surface area contributed by atoms with Crippen LogP contribution in [-0.4, -0.2) is 21.9 Å². The Morgan fingerprint density at radius 3 is 3.19 bits per heavy atom. The van der Waals surface area contributed by atoms with Gasteiger partial charge in [0.25, 0.3) is 0 Å². The molecule has 0 aliphatic carbocycles. The lowest BCUT2D eigenvalue weighted by Crippen LogP contribution is -2.28. The van der Waals surface area contributed by atoms with Gasteiger partial charge >= 0.3 is 0 Å². The third-order valence-electron chi connectivity index (χ3n) is 2.35. The maximum Gasteiger partial charge on any atom is 0.157 e. The lowest BCUT2D eigenvalue weighted by Gasteiger charge is -2.11. The smallest absolute Gasteiger partial charge is 0.157 e. The van der Waals surface area contributed by atoms with Gasteiger partial charge in [-0.05, 0) is 12.3 Å². The summed E-state index contributed by atoms with van der Waals surface area (Å²) in [5.74, 6) is 1.89. The first-order chi connectivity index (χ1) is 7.74. The summed E-state index contributed by atoms with van der Waals surface area (Å²) >= 11 is 3.49. The van der Waals surface area contributed by atoms with Gasteiger partial charge in [-0.1, -0.05) is 25.6 Å². The topological polar surface area (TPSA) is 37.3 Å². The average Bonchev–Trinajstić information content (AvgIpc) is 2.84. The van der Waals surface area contributed by atoms with Gasteiger partial charge in [0.1, 0.15) is 5.01 Å². The van der Waals surface area contributed by atoms with Crippen LogP contribution in [0.2, 0.25) is 0 Å². The molecule has 0 spiro atoms. The van der Waals surface area contributed by atoms with Gasteiger partial charge in [0.05, 0.1) is 6.54 Å². The van der Waals surface area contributed by atoms with Gasteiger partial charge in [-0.3, -0.25) is 4.99 Å². The number of thioether (sulfide) groups is 1. The van der Waals surface area contributed by atoms with Crippen molar-refractivity contribution in [3.8, 4) is 0 Å². The summed E-state index contributed by atoms with van der Waals surface area (Å²) in [4.78, 5) is 8.76. The number of nitrogens with one attached hydrogen (secondary N) is 1. The molecule has 0 bridgehead atoms. The van der Waals surface area contributed by atoms with Crippen molar-refractivity contribution in [3.05, 3.63) is 16.6 Å². The second-order valence-corrected chi connectivity index (χ2v) is 6.32. The molecule has 1 unspecified atom stereocenters. The molecule has 1 aliphatic heterocycles. The summed E-state index contributed by atoms with van der Waals surface area (Å²) in [5.41, 5.74) is 0. The van der Waals surface area contributed by atoms with Gasteiger partial charge in [-0.25, -0.2) is 4.98 Å². The second kappa shape index (κ2) is 5.68. The monoisotopic (exact) mass is 255 g/mol. The zero-order valence-electron chi connectivity index (χ0n) is 9.64. The van der Waals surface area contributed by atoms with Crippen molar-refractivity contribution in [2.24, 2.45) is 10.9 Å². The molecule has 3 nitrogen and oxygen atoms in total. The molecule has 1 saturated heterocycles. The van der Waals surface area contributed by atoms with E-state index in [1.54, 1.807) is 11.3 Å². The Bertz CT molecular complexity index is 346. The molecule has 0 aromatic carbocycles. The van der Waals surface area contributed by atoms with Crippen molar-refractivity contribution in [1.29, 1.82) is 0 Å². The first kappa shape index (κ1) is 11.9. The van der Waals surface area contributed by atoms with E-state index in [1.807, 2.05) is 23.3 Å². The van der Waals surface area contributed by atoms with Crippen molar-refractivity contribution in [1.82, 2.24) is 10.3 Å². The molecule has 0 radical (unpaired) electrons. The van der Waals surface area contributed by atoms with Crippen LogP contribution in [0.4, 0.5) is 0 Å². The minimum atomic E-state index is 0.597. The zero-order valence-corrected chi connectivity index (χ0v) is 11.3. The normalized spacial score (nSPS) is 22.9. The van der Waals surface area contributed by atoms with Crippen molar-refractivity contribution >= 4 is 28.3 Å². The fourth-order valence-corrected chi connectivity index (χ4v) is 3.22. The van der Waals surface area contributed by atoms with Crippen LogP contribution in [0, 0.1) is 5.92 Å². The maximum atomic E-state index is 4.54. The van der Waals surface area contributed by atoms with Crippen LogP contribution in [0.5, 0.6) is 0 Å². The van der Waals surface area contributed by atoms with E-state index in [0.29, 0.717) is 12.6 Å². The van der Waals surface area contributed by atoms with E-state index in [-0.39, 0.29) is 0 Å². The Labute approximate surface area is 105 Å². The number of rotatable bonds is 4. The zero-order chi connectivity index (χ0) is 11.4. The summed E-state index contributed by atoms with van der Waals surface area (Å²) in [6.45, 7) is 5.23. The minimum absolute atomic E-state index is 0.597. The van der Waals surface area contributed by atoms with Gasteiger partial charge < -0.3 is 5.32 Å². The van der Waals surface area contributed by atoms with E-state index in [1.165, 1.54) is 6.42 Å². The standard InChI is InChI=1S/C11H17N3S2/c1-8(2)5-9-7-16-11(14-9)13-6-10-12-3-4-15-10/h3-4,8-9H,5-7H2,1-2H3,(H,13,14). The number of nitrogens with zero attached hydrogens (tertiary/aromatic N) is 2. The molecular weight excluding hydrogens is 238 g/mol. The van der Waals surface area contributed by atoms with Crippen LogP contribution < -0.4 is 5.32 Å². The summed E-state index contributed by atoms with van der Waals surface area (Å²) < 4.78 is 0. The number of hydrogen-bond donors (Lipinski definition) is 1. The SMILES string of the molecule is CC(C)CC1CSC(=NCc2nccs2)N1. The first-order valence-electron chi connectivity index (χ1n) is 5.56. The Kier molecular flexibility index (Phi) is 4.23. The molecule has 2 rings (SSSR count). The fourth-order valence-electron chi connectivity index (χ4n) is 1.70. The molecule has 1 N–H and O–H groups in total. The minimum Gasteiger partial charge on any atom is -0.361 e. The predicted molar refractivity (Wildman–Crippen MR) is 72.1 cm³/mol. The van der Waals surface area contributed by atoms with E-state index in [2.05, 4.69) is 29.1 Å². The van der Waals surface area contributed by atoms with E-state index in [9.17, 15) is 0 Å². The van der Waals surface area contributed by atoms with Crippen LogP contribution in [0.1, 0.15) is 25.3 Å². The summed E-state index contributed by atoms with van der Waals surface area (Å²) in [5, 5.41) is 7.64. The summed E-state index contributed by atoms with van der Waals surface area (Å²) in [6, 6.07) is 0.597. The Morgan fingerprint density at radius 2 is 2.50 bits per heavy atom. The van der Waals surface area contributed by atoms with Gasteiger partial charge in [-0.2, -0.15) is 0 Å². The van der Waals surface area contributed by atoms with Crippen molar-refractivity contribution in [3.63, 3.8) is 0 Å². The van der Waals surface area contributed by atoms with Gasteiger partial charge in [0.15, 0.2) is 5.17 Å². The molecule has 1 atom stereocenters. The third-order valence-corrected chi connectivity index (χ3v) is 4.20. The Balaban J connectivity index is 1.81. The van der Waals surface area contributed by atoms with Gasteiger partial charge in [0, 0.05) is 23.4 Å². The van der Waals surface area contributed by atoms with Crippen LogP contribution in [0.25, 0.3) is 0 Å². The maximum absolute atomic E-state index is 4.54. The largest absolute Gasteiger partial charge is 0.361 e. The number of thiazole rings is 1. The highest BCUT2D eigenvalue weighted by Gasteiger charge is 2.20. The van der Waals surface area contributed by atoms with Gasteiger partial charge in [0.2, 0.25) is 0 Å². The van der Waals surface area contributed by atoms with Crippen molar-refractivity contribution in [2.75, 3.05) is 5.75 Å². The molecule has 5 heteroatoms. The lowest BCUT2D eigenvalue weighted by molar-refractivity contribution is 0.502. The van der Waals surface area contributed by atoms with E-state index >= 15 is 0 Å². The first-order valence-corrected chi connectivity index (χ1v) is 7.42. The van der Waals surface area contributed by atoms with Crippen molar-refractivity contribution in [2.45, 2.75) is 32.9 Å². The Morgan fingerprint density at radius 1 is 1.62 bits per heavy atom. The van der Waals surface area contributed by atoms with Crippen LogP contribution >= 0.6 is 23.1 Å². The highest BCUT2D eigenvalue weighted by molar-refractivity contribution is 8.14.